The average molecular weight is 487 g/mol. The van der Waals surface area contributed by atoms with Gasteiger partial charge in [-0.1, -0.05) is 28.0 Å². The molecule has 13 heteroatoms. The van der Waals surface area contributed by atoms with Gasteiger partial charge in [-0.25, -0.2) is 9.78 Å². The maximum absolute atomic E-state index is 12.7. The summed E-state index contributed by atoms with van der Waals surface area (Å²) in [4.78, 5) is 29.1. The molecule has 3 aromatic rings. The molecule has 1 unspecified atom stereocenters. The molecular weight excluding hydrogens is 470 g/mol. The molecule has 33 heavy (non-hydrogen) atoms. The molecule has 0 saturated carbocycles. The number of rotatable bonds is 6. The first-order chi connectivity index (χ1) is 15.7. The molecule has 0 aliphatic carbocycles. The molecule has 11 nitrogen and oxygen atoms in total. The molecule has 0 saturated heterocycles. The number of nitrogens with two attached hydrogens (primary N) is 1. The van der Waals surface area contributed by atoms with E-state index >= 15 is 0 Å². The van der Waals surface area contributed by atoms with E-state index in [4.69, 9.17) is 26.6 Å². The highest BCUT2D eigenvalue weighted by Gasteiger charge is 2.32. The van der Waals surface area contributed by atoms with Crippen LogP contribution < -0.4 is 26.1 Å². The Morgan fingerprint density at radius 3 is 2.64 bits per heavy atom. The summed E-state index contributed by atoms with van der Waals surface area (Å²) in [6, 6.07) is 8.61. The second-order valence-electron chi connectivity index (χ2n) is 6.64. The van der Waals surface area contributed by atoms with Crippen LogP contribution in [0.3, 0.4) is 0 Å². The summed E-state index contributed by atoms with van der Waals surface area (Å²) in [7, 11) is 2.95. The van der Waals surface area contributed by atoms with Gasteiger partial charge in [0.1, 0.15) is 39.9 Å². The SMILES string of the molecule is COc1ccc(NC(=O)C(C)Sc2nc(N)c(C#N)c(-c3c(=O)o[nH][n+]3C)c2C#N)cc1Cl. The first-order valence-electron chi connectivity index (χ1n) is 9.24. The fourth-order valence-electron chi connectivity index (χ4n) is 2.94. The third-order valence-corrected chi connectivity index (χ3v) is 5.92. The molecule has 168 valence electrons. The quantitative estimate of drug-likeness (QED) is 0.347. The standard InChI is InChI=1S/C20H16ClN7O4S/c1-9(18(29)25-10-4-5-14(31-3)13(21)6-10)33-19-12(8-23)15(11(7-22)17(24)26-19)16-20(30)32-27-28(16)2/h4-6,9H,1-3H3,(H3-,24,25,26,27,29,30)/p+1. The predicted molar refractivity (Wildman–Crippen MR) is 120 cm³/mol. The number of aryl methyl sites for hydroxylation is 1. The van der Waals surface area contributed by atoms with Crippen molar-refractivity contribution in [3.05, 3.63) is 44.8 Å². The van der Waals surface area contributed by atoms with E-state index in [1.165, 1.54) is 24.9 Å². The largest absolute Gasteiger partial charge is 0.495 e. The van der Waals surface area contributed by atoms with Crippen LogP contribution in [0.5, 0.6) is 5.75 Å². The summed E-state index contributed by atoms with van der Waals surface area (Å²) in [6.07, 6.45) is 0. The van der Waals surface area contributed by atoms with Crippen LogP contribution in [0.15, 0.2) is 32.5 Å². The first-order valence-corrected chi connectivity index (χ1v) is 10.5. The van der Waals surface area contributed by atoms with Crippen molar-refractivity contribution in [2.45, 2.75) is 17.2 Å². The van der Waals surface area contributed by atoms with Crippen LogP contribution in [-0.4, -0.2) is 28.5 Å². The summed E-state index contributed by atoms with van der Waals surface area (Å²) < 4.78 is 11.1. The van der Waals surface area contributed by atoms with Gasteiger partial charge in [-0.2, -0.15) is 10.5 Å². The van der Waals surface area contributed by atoms with Crippen molar-refractivity contribution in [1.29, 1.82) is 10.5 Å². The zero-order valence-corrected chi connectivity index (χ0v) is 19.2. The summed E-state index contributed by atoms with van der Waals surface area (Å²) in [5.41, 5.74) is 5.26. The fraction of sp³-hybridized carbons (Fsp3) is 0.200. The Morgan fingerprint density at radius 2 is 2.09 bits per heavy atom. The topological polar surface area (TPSA) is 175 Å². The van der Waals surface area contributed by atoms with Gasteiger partial charge in [-0.15, -0.1) is 0 Å². The number of carbonyl (C=O) groups excluding carboxylic acids is 1. The third kappa shape index (κ3) is 4.62. The van der Waals surface area contributed by atoms with Crippen LogP contribution in [-0.2, 0) is 11.8 Å². The highest BCUT2D eigenvalue weighted by Crippen LogP contribution is 2.35. The number of nitrogens with zero attached hydrogens (tertiary/aromatic N) is 4. The molecule has 2 heterocycles. The number of carbonyl (C=O) groups is 1. The van der Waals surface area contributed by atoms with Gasteiger partial charge in [0.15, 0.2) is 7.05 Å². The number of nitrogen functional groups attached to an aromatic ring is 1. The molecule has 0 aliphatic rings. The number of benzene rings is 1. The Labute approximate surface area is 196 Å². The normalized spacial score (nSPS) is 11.3. The Balaban J connectivity index is 1.98. The van der Waals surface area contributed by atoms with Gasteiger partial charge in [-0.3, -0.25) is 9.32 Å². The van der Waals surface area contributed by atoms with Gasteiger partial charge in [-0.05, 0) is 30.4 Å². The maximum atomic E-state index is 12.7. The Hall–Kier alpha value is -4.00. The fourth-order valence-corrected chi connectivity index (χ4v) is 4.11. The number of nitriles is 2. The minimum Gasteiger partial charge on any atom is -0.495 e. The van der Waals surface area contributed by atoms with Gasteiger partial charge >= 0.3 is 11.3 Å². The zero-order valence-electron chi connectivity index (χ0n) is 17.6. The number of thioether (sulfide) groups is 1. The number of ether oxygens (including phenoxy) is 1. The Bertz CT molecular complexity index is 1390. The highest BCUT2D eigenvalue weighted by molar-refractivity contribution is 8.00. The smallest absolute Gasteiger partial charge is 0.435 e. The maximum Gasteiger partial charge on any atom is 0.435 e. The lowest BCUT2D eigenvalue weighted by molar-refractivity contribution is -0.730. The molecule has 0 radical (unpaired) electrons. The van der Waals surface area contributed by atoms with Crippen LogP contribution in [0.2, 0.25) is 5.02 Å². The van der Waals surface area contributed by atoms with E-state index in [-0.39, 0.29) is 33.2 Å². The predicted octanol–water partition coefficient (Wildman–Crippen LogP) is 1.96. The zero-order chi connectivity index (χ0) is 24.3. The van der Waals surface area contributed by atoms with E-state index in [1.807, 2.05) is 12.1 Å². The van der Waals surface area contributed by atoms with E-state index in [0.29, 0.717) is 16.5 Å². The van der Waals surface area contributed by atoms with Gasteiger partial charge in [0.05, 0.1) is 22.9 Å². The van der Waals surface area contributed by atoms with Crippen molar-refractivity contribution in [2.75, 3.05) is 18.2 Å². The summed E-state index contributed by atoms with van der Waals surface area (Å²) in [5.74, 6) is -0.129. The van der Waals surface area contributed by atoms with E-state index in [0.717, 1.165) is 11.8 Å². The number of pyridine rings is 1. The monoisotopic (exact) mass is 486 g/mol. The minimum atomic E-state index is -0.797. The Kier molecular flexibility index (Phi) is 6.92. The molecule has 4 N–H and O–H groups in total. The third-order valence-electron chi connectivity index (χ3n) is 4.53. The molecule has 1 atom stereocenters. The van der Waals surface area contributed by atoms with Crippen LogP contribution in [0.4, 0.5) is 11.5 Å². The van der Waals surface area contributed by atoms with Crippen LogP contribution >= 0.6 is 23.4 Å². The average Bonchev–Trinajstić information content (AvgIpc) is 3.11. The van der Waals surface area contributed by atoms with Crippen molar-refractivity contribution >= 4 is 40.8 Å². The second-order valence-corrected chi connectivity index (χ2v) is 8.37. The molecule has 1 amide bonds. The van der Waals surface area contributed by atoms with Crippen LogP contribution in [0.25, 0.3) is 11.3 Å². The lowest BCUT2D eigenvalue weighted by atomic mass is 10.0. The van der Waals surface area contributed by atoms with Gasteiger partial charge in [0, 0.05) is 5.69 Å². The number of nitrogens with one attached hydrogen (secondary N) is 2. The minimum absolute atomic E-state index is 0.0259. The molecule has 0 aliphatic heterocycles. The number of hydrogen-bond acceptors (Lipinski definition) is 9. The van der Waals surface area contributed by atoms with Crippen LogP contribution in [0, 0.1) is 22.7 Å². The Morgan fingerprint density at radius 1 is 1.39 bits per heavy atom. The van der Waals surface area contributed by atoms with E-state index in [9.17, 15) is 20.1 Å². The van der Waals surface area contributed by atoms with Crippen molar-refractivity contribution in [3.8, 4) is 29.1 Å². The number of hydrogen-bond donors (Lipinski definition) is 3. The molecule has 0 spiro atoms. The highest BCUT2D eigenvalue weighted by atomic mass is 35.5. The van der Waals surface area contributed by atoms with Crippen molar-refractivity contribution in [2.24, 2.45) is 7.05 Å². The molecule has 1 aromatic carbocycles. The van der Waals surface area contributed by atoms with Gasteiger partial charge < -0.3 is 15.8 Å². The van der Waals surface area contributed by atoms with Crippen molar-refractivity contribution in [1.82, 2.24) is 10.3 Å². The molecule has 3 rings (SSSR count). The summed E-state index contributed by atoms with van der Waals surface area (Å²) in [6.45, 7) is 1.60. The molecular formula is C20H17ClN7O4S+. The van der Waals surface area contributed by atoms with Gasteiger partial charge in [0.25, 0.3) is 0 Å². The summed E-state index contributed by atoms with van der Waals surface area (Å²) in [5, 5.41) is 24.1. The number of halogens is 1. The van der Waals surface area contributed by atoms with E-state index in [2.05, 4.69) is 15.6 Å². The number of H-pyrrole nitrogens is 1. The van der Waals surface area contributed by atoms with Crippen LogP contribution in [0.1, 0.15) is 18.1 Å². The number of aromatic amines is 1. The molecule has 2 aromatic heterocycles. The first kappa shape index (κ1) is 23.7. The van der Waals surface area contributed by atoms with E-state index < -0.39 is 16.8 Å². The van der Waals surface area contributed by atoms with Crippen molar-refractivity contribution in [3.63, 3.8) is 0 Å². The molecule has 0 bridgehead atoms. The number of amides is 1. The lowest BCUT2D eigenvalue weighted by Crippen LogP contribution is -2.34. The number of aromatic nitrogens is 3. The summed E-state index contributed by atoms with van der Waals surface area (Å²) >= 11 is 7.04. The lowest BCUT2D eigenvalue weighted by Gasteiger charge is -2.14. The number of anilines is 2. The number of methoxy groups -OCH3 is 1. The van der Waals surface area contributed by atoms with E-state index in [1.54, 1.807) is 19.1 Å². The van der Waals surface area contributed by atoms with Crippen molar-refractivity contribution < 1.29 is 18.7 Å². The van der Waals surface area contributed by atoms with Gasteiger partial charge in [0.2, 0.25) is 5.91 Å². The molecule has 0 fully saturated rings. The second kappa shape index (κ2) is 9.65.